The Morgan fingerprint density at radius 2 is 1.61 bits per heavy atom. The third-order valence-electron chi connectivity index (χ3n) is 5.11. The highest BCUT2D eigenvalue weighted by atomic mass is 79.9. The van der Waals surface area contributed by atoms with Gasteiger partial charge < -0.3 is 24.3 Å². The van der Waals surface area contributed by atoms with Crippen LogP contribution >= 0.6 is 15.9 Å². The van der Waals surface area contributed by atoms with Gasteiger partial charge in [0, 0.05) is 16.6 Å². The lowest BCUT2D eigenvalue weighted by Crippen LogP contribution is -2.17. The first-order chi connectivity index (χ1) is 16.0. The molecule has 0 unspecified atom stereocenters. The first-order valence-corrected chi connectivity index (χ1v) is 11.6. The van der Waals surface area contributed by atoms with Crippen LogP contribution in [0.3, 0.4) is 0 Å². The maximum Gasteiger partial charge on any atom is 0.162 e. The predicted molar refractivity (Wildman–Crippen MR) is 131 cm³/mol. The van der Waals surface area contributed by atoms with Crippen LogP contribution in [0.2, 0.25) is 0 Å². The molecule has 0 aliphatic rings. The summed E-state index contributed by atoms with van der Waals surface area (Å²) in [5.74, 6) is 2.36. The van der Waals surface area contributed by atoms with Gasteiger partial charge in [-0.15, -0.1) is 0 Å². The summed E-state index contributed by atoms with van der Waals surface area (Å²) in [6, 6.07) is 16.4. The fourth-order valence-corrected chi connectivity index (χ4v) is 3.82. The van der Waals surface area contributed by atoms with Crippen LogP contribution in [0.15, 0.2) is 59.1 Å². The van der Waals surface area contributed by atoms with E-state index in [9.17, 15) is 4.39 Å². The van der Waals surface area contributed by atoms with Crippen molar-refractivity contribution in [2.24, 2.45) is 0 Å². The van der Waals surface area contributed by atoms with Crippen LogP contribution in [0.1, 0.15) is 23.6 Å². The summed E-state index contributed by atoms with van der Waals surface area (Å²) in [5, 5.41) is 3.46. The van der Waals surface area contributed by atoms with Crippen molar-refractivity contribution in [3.63, 3.8) is 0 Å². The van der Waals surface area contributed by atoms with Crippen molar-refractivity contribution >= 4 is 15.9 Å². The summed E-state index contributed by atoms with van der Waals surface area (Å²) in [7, 11) is 3.26. The van der Waals surface area contributed by atoms with E-state index in [0.29, 0.717) is 30.2 Å². The second kappa shape index (κ2) is 12.5. The van der Waals surface area contributed by atoms with E-state index < -0.39 is 0 Å². The molecule has 33 heavy (non-hydrogen) atoms. The number of benzene rings is 3. The highest BCUT2D eigenvalue weighted by Gasteiger charge is 2.12. The minimum Gasteiger partial charge on any atom is -0.493 e. The normalized spacial score (nSPS) is 10.7. The van der Waals surface area contributed by atoms with E-state index in [1.807, 2.05) is 37.3 Å². The summed E-state index contributed by atoms with van der Waals surface area (Å²) >= 11 is 3.62. The number of rotatable bonds is 12. The molecular weight excluding hydrogens is 489 g/mol. The van der Waals surface area contributed by atoms with Crippen molar-refractivity contribution in [2.75, 3.05) is 27.4 Å². The molecule has 0 aliphatic carbocycles. The third kappa shape index (κ3) is 6.85. The van der Waals surface area contributed by atoms with Crippen LogP contribution in [0.25, 0.3) is 0 Å². The zero-order chi connectivity index (χ0) is 23.6. The molecule has 0 fully saturated rings. The molecule has 0 saturated heterocycles. The van der Waals surface area contributed by atoms with Gasteiger partial charge in [-0.25, -0.2) is 4.39 Å². The Balaban J connectivity index is 1.61. The van der Waals surface area contributed by atoms with E-state index in [1.165, 1.54) is 6.07 Å². The molecule has 3 aromatic carbocycles. The van der Waals surface area contributed by atoms with Crippen LogP contribution in [0, 0.1) is 5.82 Å². The largest absolute Gasteiger partial charge is 0.493 e. The molecule has 3 aromatic rings. The molecule has 0 bridgehead atoms. The van der Waals surface area contributed by atoms with Gasteiger partial charge in [-0.05, 0) is 61.3 Å². The highest BCUT2D eigenvalue weighted by molar-refractivity contribution is 9.10. The second-order valence-corrected chi connectivity index (χ2v) is 8.17. The van der Waals surface area contributed by atoms with Gasteiger partial charge in [0.25, 0.3) is 0 Å². The Morgan fingerprint density at radius 3 is 2.33 bits per heavy atom. The minimum absolute atomic E-state index is 0.127. The SMILES string of the molecule is CCOc1cc(CNCCc2ccc(OC)c(OC)c2)c(Br)cc1OCc1ccccc1F. The summed E-state index contributed by atoms with van der Waals surface area (Å²) < 4.78 is 37.1. The molecule has 0 heterocycles. The minimum atomic E-state index is -0.287. The Labute approximate surface area is 203 Å². The van der Waals surface area contributed by atoms with E-state index >= 15 is 0 Å². The molecular formula is C26H29BrFNO4. The fraction of sp³-hybridized carbons (Fsp3) is 0.308. The van der Waals surface area contributed by atoms with Gasteiger partial charge in [0.15, 0.2) is 23.0 Å². The Kier molecular flexibility index (Phi) is 9.39. The number of halogens is 2. The van der Waals surface area contributed by atoms with Gasteiger partial charge in [-0.2, -0.15) is 0 Å². The van der Waals surface area contributed by atoms with Crippen molar-refractivity contribution in [1.29, 1.82) is 0 Å². The molecule has 3 rings (SSSR count). The average molecular weight is 518 g/mol. The quantitative estimate of drug-likeness (QED) is 0.302. The van der Waals surface area contributed by atoms with Crippen LogP contribution in [0.5, 0.6) is 23.0 Å². The lowest BCUT2D eigenvalue weighted by molar-refractivity contribution is 0.265. The van der Waals surface area contributed by atoms with E-state index in [2.05, 4.69) is 21.2 Å². The third-order valence-corrected chi connectivity index (χ3v) is 5.85. The van der Waals surface area contributed by atoms with Crippen molar-refractivity contribution < 1.29 is 23.3 Å². The molecule has 0 atom stereocenters. The smallest absolute Gasteiger partial charge is 0.162 e. The van der Waals surface area contributed by atoms with Crippen LogP contribution in [-0.4, -0.2) is 27.4 Å². The standard InChI is InChI=1S/C26H29BrFNO4/c1-4-32-25-14-20(16-29-12-11-18-9-10-23(30-2)24(13-18)31-3)21(27)15-26(25)33-17-19-7-5-6-8-22(19)28/h5-10,13-15,29H,4,11-12,16-17H2,1-3H3. The van der Waals surface area contributed by atoms with E-state index in [4.69, 9.17) is 18.9 Å². The Hall–Kier alpha value is -2.77. The number of hydrogen-bond acceptors (Lipinski definition) is 5. The number of hydrogen-bond donors (Lipinski definition) is 1. The van der Waals surface area contributed by atoms with Gasteiger partial charge in [0.05, 0.1) is 20.8 Å². The summed E-state index contributed by atoms with van der Waals surface area (Å²) in [6.07, 6.45) is 0.847. The first kappa shape index (κ1) is 24.9. The summed E-state index contributed by atoms with van der Waals surface area (Å²) in [4.78, 5) is 0. The van der Waals surface area contributed by atoms with E-state index in [-0.39, 0.29) is 12.4 Å². The van der Waals surface area contributed by atoms with Gasteiger partial charge in [-0.1, -0.05) is 40.2 Å². The molecule has 5 nitrogen and oxygen atoms in total. The summed E-state index contributed by atoms with van der Waals surface area (Å²) in [5.41, 5.74) is 2.70. The molecule has 0 spiro atoms. The molecule has 0 radical (unpaired) electrons. The van der Waals surface area contributed by atoms with E-state index in [0.717, 1.165) is 40.1 Å². The van der Waals surface area contributed by atoms with Crippen molar-refractivity contribution in [2.45, 2.75) is 26.5 Å². The molecule has 0 saturated carbocycles. The summed E-state index contributed by atoms with van der Waals surface area (Å²) in [6.45, 7) is 3.99. The molecule has 176 valence electrons. The molecule has 0 aromatic heterocycles. The zero-order valence-corrected chi connectivity index (χ0v) is 20.7. The monoisotopic (exact) mass is 517 g/mol. The van der Waals surface area contributed by atoms with Gasteiger partial charge >= 0.3 is 0 Å². The highest BCUT2D eigenvalue weighted by Crippen LogP contribution is 2.34. The van der Waals surface area contributed by atoms with Crippen LogP contribution < -0.4 is 24.3 Å². The van der Waals surface area contributed by atoms with Crippen molar-refractivity contribution in [1.82, 2.24) is 5.32 Å². The van der Waals surface area contributed by atoms with Crippen LogP contribution in [0.4, 0.5) is 4.39 Å². The van der Waals surface area contributed by atoms with Gasteiger partial charge in [-0.3, -0.25) is 0 Å². The van der Waals surface area contributed by atoms with Crippen molar-refractivity contribution in [3.05, 3.63) is 81.6 Å². The lowest BCUT2D eigenvalue weighted by Gasteiger charge is -2.16. The molecule has 0 amide bonds. The van der Waals surface area contributed by atoms with E-state index in [1.54, 1.807) is 32.4 Å². The molecule has 7 heteroatoms. The van der Waals surface area contributed by atoms with Crippen LogP contribution in [-0.2, 0) is 19.6 Å². The Morgan fingerprint density at radius 1 is 0.848 bits per heavy atom. The predicted octanol–water partition coefficient (Wildman–Crippen LogP) is 5.92. The average Bonchev–Trinajstić information content (AvgIpc) is 2.83. The first-order valence-electron chi connectivity index (χ1n) is 10.8. The fourth-order valence-electron chi connectivity index (χ4n) is 3.36. The second-order valence-electron chi connectivity index (χ2n) is 7.32. The lowest BCUT2D eigenvalue weighted by atomic mass is 10.1. The van der Waals surface area contributed by atoms with Gasteiger partial charge in [0.1, 0.15) is 12.4 Å². The number of nitrogens with one attached hydrogen (secondary N) is 1. The maximum absolute atomic E-state index is 13.9. The maximum atomic E-state index is 13.9. The topological polar surface area (TPSA) is 49.0 Å². The van der Waals surface area contributed by atoms with Gasteiger partial charge in [0.2, 0.25) is 0 Å². The van der Waals surface area contributed by atoms with Crippen molar-refractivity contribution in [3.8, 4) is 23.0 Å². The number of methoxy groups -OCH3 is 2. The molecule has 1 N–H and O–H groups in total. The molecule has 0 aliphatic heterocycles. The Bertz CT molecular complexity index is 1060. The zero-order valence-electron chi connectivity index (χ0n) is 19.1. The number of ether oxygens (including phenoxy) is 4.